The van der Waals surface area contributed by atoms with Crippen molar-refractivity contribution in [1.29, 1.82) is 0 Å². The molecule has 4 nitrogen and oxygen atoms in total. The van der Waals surface area contributed by atoms with Crippen LogP contribution in [0, 0.1) is 0 Å². The highest BCUT2D eigenvalue weighted by molar-refractivity contribution is 6.31. The van der Waals surface area contributed by atoms with E-state index in [2.05, 4.69) is 4.98 Å². The minimum atomic E-state index is -0.0619. The first-order valence-corrected chi connectivity index (χ1v) is 7.61. The molecule has 5 heteroatoms. The van der Waals surface area contributed by atoms with Crippen molar-refractivity contribution in [2.45, 2.75) is 6.54 Å². The first kappa shape index (κ1) is 15.4. The van der Waals surface area contributed by atoms with Gasteiger partial charge in [0.25, 0.3) is 5.91 Å². The summed E-state index contributed by atoms with van der Waals surface area (Å²) in [6.07, 6.45) is 0. The molecule has 0 aliphatic heterocycles. The third kappa shape index (κ3) is 3.32. The zero-order chi connectivity index (χ0) is 16.4. The number of hydrogen-bond donors (Lipinski definition) is 1. The molecule has 0 unspecified atom stereocenters. The second-order valence-electron chi connectivity index (χ2n) is 5.42. The number of H-pyrrole nitrogens is 1. The fraction of sp³-hybridized carbons (Fsp3) is 0.167. The van der Waals surface area contributed by atoms with E-state index < -0.39 is 0 Å². The van der Waals surface area contributed by atoms with Gasteiger partial charge in [-0.25, -0.2) is 0 Å². The maximum Gasteiger partial charge on any atom is 0.270 e. The summed E-state index contributed by atoms with van der Waals surface area (Å²) in [5, 5.41) is 1.61. The summed E-state index contributed by atoms with van der Waals surface area (Å²) in [5.41, 5.74) is 2.46. The van der Waals surface area contributed by atoms with E-state index in [9.17, 15) is 4.79 Å². The molecule has 0 bridgehead atoms. The number of rotatable bonds is 4. The number of aromatic nitrogens is 1. The van der Waals surface area contributed by atoms with Gasteiger partial charge < -0.3 is 14.6 Å². The number of ether oxygens (including phenoxy) is 1. The van der Waals surface area contributed by atoms with Crippen LogP contribution in [0.2, 0.25) is 5.02 Å². The van der Waals surface area contributed by atoms with Gasteiger partial charge in [-0.05, 0) is 35.9 Å². The molecule has 23 heavy (non-hydrogen) atoms. The first-order chi connectivity index (χ1) is 11.1. The van der Waals surface area contributed by atoms with E-state index in [4.69, 9.17) is 16.3 Å². The summed E-state index contributed by atoms with van der Waals surface area (Å²) in [5.74, 6) is 0.739. The Kier molecular flexibility index (Phi) is 4.26. The Morgan fingerprint density at radius 2 is 1.91 bits per heavy atom. The number of fused-ring (bicyclic) bond motifs is 1. The van der Waals surface area contributed by atoms with Gasteiger partial charge in [0.2, 0.25) is 0 Å². The van der Waals surface area contributed by atoms with Gasteiger partial charge in [-0.3, -0.25) is 4.79 Å². The maximum atomic E-state index is 12.6. The van der Waals surface area contributed by atoms with Crippen molar-refractivity contribution in [3.8, 4) is 5.75 Å². The lowest BCUT2D eigenvalue weighted by molar-refractivity contribution is 0.0780. The van der Waals surface area contributed by atoms with E-state index in [1.54, 1.807) is 19.1 Å². The van der Waals surface area contributed by atoms with Crippen molar-refractivity contribution in [1.82, 2.24) is 9.88 Å². The molecule has 3 rings (SSSR count). The molecule has 0 radical (unpaired) electrons. The number of nitrogens with one attached hydrogen (secondary N) is 1. The fourth-order valence-corrected chi connectivity index (χ4v) is 2.67. The van der Waals surface area contributed by atoms with E-state index in [1.165, 1.54) is 0 Å². The average molecular weight is 329 g/mol. The predicted octanol–water partition coefficient (Wildman–Crippen LogP) is 4.10. The number of amides is 1. The Balaban J connectivity index is 1.77. The minimum absolute atomic E-state index is 0.0619. The molecule has 0 spiro atoms. The van der Waals surface area contributed by atoms with Crippen molar-refractivity contribution >= 4 is 28.4 Å². The quantitative estimate of drug-likeness (QED) is 0.783. The van der Waals surface area contributed by atoms with E-state index in [-0.39, 0.29) is 5.91 Å². The van der Waals surface area contributed by atoms with Crippen molar-refractivity contribution in [3.63, 3.8) is 0 Å². The maximum absolute atomic E-state index is 12.6. The Morgan fingerprint density at radius 3 is 2.61 bits per heavy atom. The number of carbonyl (C=O) groups excluding carboxylic acids is 1. The second kappa shape index (κ2) is 6.34. The highest BCUT2D eigenvalue weighted by Crippen LogP contribution is 2.21. The van der Waals surface area contributed by atoms with Crippen LogP contribution in [0.25, 0.3) is 10.9 Å². The van der Waals surface area contributed by atoms with Crippen molar-refractivity contribution in [2.75, 3.05) is 14.2 Å². The molecule has 0 aliphatic carbocycles. The summed E-state index contributed by atoms with van der Waals surface area (Å²) in [6, 6.07) is 15.1. The van der Waals surface area contributed by atoms with Crippen LogP contribution in [0.1, 0.15) is 16.1 Å². The van der Waals surface area contributed by atoms with Gasteiger partial charge in [-0.15, -0.1) is 0 Å². The number of hydrogen-bond acceptors (Lipinski definition) is 2. The second-order valence-corrected chi connectivity index (χ2v) is 5.86. The number of halogens is 1. The summed E-state index contributed by atoms with van der Waals surface area (Å²) >= 11 is 5.98. The molecule has 0 aliphatic rings. The molecule has 118 valence electrons. The fourth-order valence-electron chi connectivity index (χ4n) is 2.50. The van der Waals surface area contributed by atoms with E-state index >= 15 is 0 Å². The van der Waals surface area contributed by atoms with Crippen LogP contribution in [0.15, 0.2) is 48.5 Å². The molecule has 1 aromatic heterocycles. The average Bonchev–Trinajstić information content (AvgIpc) is 2.97. The van der Waals surface area contributed by atoms with Gasteiger partial charge in [-0.1, -0.05) is 29.8 Å². The smallest absolute Gasteiger partial charge is 0.270 e. The van der Waals surface area contributed by atoms with Gasteiger partial charge in [-0.2, -0.15) is 0 Å². The third-order valence-corrected chi connectivity index (χ3v) is 3.98. The van der Waals surface area contributed by atoms with Gasteiger partial charge in [0.15, 0.2) is 0 Å². The lowest BCUT2D eigenvalue weighted by Gasteiger charge is -2.16. The largest absolute Gasteiger partial charge is 0.497 e. The first-order valence-electron chi connectivity index (χ1n) is 7.23. The van der Waals surface area contributed by atoms with Crippen LogP contribution in [-0.2, 0) is 6.54 Å². The van der Waals surface area contributed by atoms with Gasteiger partial charge in [0.1, 0.15) is 11.4 Å². The highest BCUT2D eigenvalue weighted by Gasteiger charge is 2.15. The number of benzene rings is 2. The van der Waals surface area contributed by atoms with Gasteiger partial charge in [0.05, 0.1) is 7.11 Å². The number of aromatic amines is 1. The van der Waals surface area contributed by atoms with E-state index in [0.717, 1.165) is 22.2 Å². The number of methoxy groups -OCH3 is 1. The SMILES string of the molecule is COc1ccc(CN(C)C(=O)c2cc3ccc(Cl)cc3[nH]2)cc1. The number of carbonyl (C=O) groups is 1. The zero-order valence-corrected chi connectivity index (χ0v) is 13.7. The topological polar surface area (TPSA) is 45.3 Å². The molecule has 3 aromatic rings. The van der Waals surface area contributed by atoms with Crippen LogP contribution >= 0.6 is 11.6 Å². The molecule has 0 fully saturated rings. The van der Waals surface area contributed by atoms with Gasteiger partial charge >= 0.3 is 0 Å². The summed E-state index contributed by atoms with van der Waals surface area (Å²) in [6.45, 7) is 0.527. The Bertz CT molecular complexity index is 840. The van der Waals surface area contributed by atoms with Crippen LogP contribution in [0.5, 0.6) is 5.75 Å². The third-order valence-electron chi connectivity index (χ3n) is 3.74. The predicted molar refractivity (Wildman–Crippen MR) is 92.1 cm³/mol. The molecular formula is C18H17ClN2O2. The molecule has 1 amide bonds. The van der Waals surface area contributed by atoms with E-state index in [1.807, 2.05) is 48.5 Å². The normalized spacial score (nSPS) is 10.7. The molecule has 2 aromatic carbocycles. The van der Waals surface area contributed by atoms with Crippen LogP contribution in [0.4, 0.5) is 0 Å². The Morgan fingerprint density at radius 1 is 1.17 bits per heavy atom. The molecule has 0 atom stereocenters. The van der Waals surface area contributed by atoms with E-state index in [0.29, 0.717) is 17.3 Å². The standard InChI is InChI=1S/C18H17ClN2O2/c1-21(11-12-3-7-15(23-2)8-4-12)18(22)17-9-13-5-6-14(19)10-16(13)20-17/h3-10,20H,11H2,1-2H3. The lowest BCUT2D eigenvalue weighted by atomic mass is 10.2. The molecule has 0 saturated heterocycles. The van der Waals surface area contributed by atoms with Crippen LogP contribution < -0.4 is 4.74 Å². The summed E-state index contributed by atoms with van der Waals surface area (Å²) in [7, 11) is 3.41. The summed E-state index contributed by atoms with van der Waals surface area (Å²) < 4.78 is 5.14. The number of nitrogens with zero attached hydrogens (tertiary/aromatic N) is 1. The van der Waals surface area contributed by atoms with Crippen molar-refractivity contribution in [3.05, 3.63) is 64.8 Å². The van der Waals surface area contributed by atoms with Crippen LogP contribution in [-0.4, -0.2) is 29.9 Å². The minimum Gasteiger partial charge on any atom is -0.497 e. The van der Waals surface area contributed by atoms with Crippen LogP contribution in [0.3, 0.4) is 0 Å². The lowest BCUT2D eigenvalue weighted by Crippen LogP contribution is -2.26. The zero-order valence-electron chi connectivity index (χ0n) is 13.0. The summed E-state index contributed by atoms with van der Waals surface area (Å²) in [4.78, 5) is 17.4. The molecule has 1 N–H and O–H groups in total. The van der Waals surface area contributed by atoms with Crippen molar-refractivity contribution in [2.24, 2.45) is 0 Å². The highest BCUT2D eigenvalue weighted by atomic mass is 35.5. The molecule has 1 heterocycles. The molecular weight excluding hydrogens is 312 g/mol. The Hall–Kier alpha value is -2.46. The monoisotopic (exact) mass is 328 g/mol. The molecule has 0 saturated carbocycles. The Labute approximate surface area is 139 Å². The van der Waals surface area contributed by atoms with Gasteiger partial charge in [0, 0.05) is 29.5 Å². The van der Waals surface area contributed by atoms with Crippen molar-refractivity contribution < 1.29 is 9.53 Å².